The van der Waals surface area contributed by atoms with Crippen LogP contribution >= 0.6 is 11.3 Å². The Morgan fingerprint density at radius 1 is 1.50 bits per heavy atom. The highest BCUT2D eigenvalue weighted by Gasteiger charge is 2.26. The Kier molecular flexibility index (Phi) is 5.37. The van der Waals surface area contributed by atoms with E-state index in [1.807, 2.05) is 18.9 Å². The van der Waals surface area contributed by atoms with Crippen LogP contribution in [0.4, 0.5) is 4.79 Å². The lowest BCUT2D eigenvalue weighted by Gasteiger charge is -2.34. The SMILES string of the molecule is Cc1ncsc1CNC(=O)N(C)C1CCC(CO)CC1. The molecule has 0 spiro atoms. The quantitative estimate of drug-likeness (QED) is 0.895. The van der Waals surface area contributed by atoms with Gasteiger partial charge in [0, 0.05) is 24.6 Å². The Hall–Kier alpha value is -1.14. The number of aryl methyl sites for hydroxylation is 1. The molecule has 0 atom stereocenters. The maximum atomic E-state index is 12.1. The van der Waals surface area contributed by atoms with Gasteiger partial charge in [0.15, 0.2) is 0 Å². The summed E-state index contributed by atoms with van der Waals surface area (Å²) in [4.78, 5) is 19.2. The molecule has 0 radical (unpaired) electrons. The van der Waals surface area contributed by atoms with Crippen LogP contribution in [0.15, 0.2) is 5.51 Å². The molecule has 0 bridgehead atoms. The summed E-state index contributed by atoms with van der Waals surface area (Å²) in [5.41, 5.74) is 2.79. The Morgan fingerprint density at radius 2 is 2.20 bits per heavy atom. The molecule has 2 N–H and O–H groups in total. The average Bonchev–Trinajstić information content (AvgIpc) is 2.89. The molecule has 1 aliphatic rings. The molecule has 0 aliphatic heterocycles. The topological polar surface area (TPSA) is 65.5 Å². The second kappa shape index (κ2) is 7.04. The molecule has 20 heavy (non-hydrogen) atoms. The van der Waals surface area contributed by atoms with Crippen molar-refractivity contribution >= 4 is 17.4 Å². The highest BCUT2D eigenvalue weighted by atomic mass is 32.1. The lowest BCUT2D eigenvalue weighted by Crippen LogP contribution is -2.45. The summed E-state index contributed by atoms with van der Waals surface area (Å²) >= 11 is 1.57. The van der Waals surface area contributed by atoms with Crippen LogP contribution in [0.3, 0.4) is 0 Å². The van der Waals surface area contributed by atoms with Crippen LogP contribution in [0.5, 0.6) is 0 Å². The number of thiazole rings is 1. The third-order valence-electron chi connectivity index (χ3n) is 4.19. The van der Waals surface area contributed by atoms with Gasteiger partial charge in [-0.1, -0.05) is 0 Å². The third-order valence-corrected chi connectivity index (χ3v) is 5.12. The zero-order valence-corrected chi connectivity index (χ0v) is 12.9. The van der Waals surface area contributed by atoms with Crippen LogP contribution in [0, 0.1) is 12.8 Å². The Labute approximate surface area is 124 Å². The van der Waals surface area contributed by atoms with Gasteiger partial charge in [-0.25, -0.2) is 9.78 Å². The van der Waals surface area contributed by atoms with Gasteiger partial charge in [-0.15, -0.1) is 11.3 Å². The molecule has 1 aromatic heterocycles. The monoisotopic (exact) mass is 297 g/mol. The number of rotatable bonds is 4. The first-order chi connectivity index (χ1) is 9.61. The molecule has 2 rings (SSSR count). The Balaban J connectivity index is 1.79. The Morgan fingerprint density at radius 3 is 2.75 bits per heavy atom. The van der Waals surface area contributed by atoms with Gasteiger partial charge in [0.05, 0.1) is 17.7 Å². The molecule has 0 aromatic carbocycles. The van der Waals surface area contributed by atoms with Crippen LogP contribution in [0.2, 0.25) is 0 Å². The number of hydrogen-bond acceptors (Lipinski definition) is 4. The van der Waals surface area contributed by atoms with Crippen LogP contribution in [0.25, 0.3) is 0 Å². The normalized spacial score (nSPS) is 22.6. The van der Waals surface area contributed by atoms with Crippen molar-refractivity contribution in [2.45, 2.75) is 45.2 Å². The van der Waals surface area contributed by atoms with E-state index in [0.717, 1.165) is 36.3 Å². The number of hydrogen-bond donors (Lipinski definition) is 2. The maximum absolute atomic E-state index is 12.1. The molecule has 5 nitrogen and oxygen atoms in total. The van der Waals surface area contributed by atoms with Crippen molar-refractivity contribution in [3.8, 4) is 0 Å². The highest BCUT2D eigenvalue weighted by Crippen LogP contribution is 2.26. The van der Waals surface area contributed by atoms with Crippen molar-refractivity contribution in [2.24, 2.45) is 5.92 Å². The number of nitrogens with zero attached hydrogens (tertiary/aromatic N) is 2. The molecule has 1 saturated carbocycles. The van der Waals surface area contributed by atoms with E-state index >= 15 is 0 Å². The molecule has 112 valence electrons. The number of amides is 2. The van der Waals surface area contributed by atoms with Crippen LogP contribution in [-0.4, -0.2) is 40.7 Å². The minimum atomic E-state index is -0.0229. The number of urea groups is 1. The van der Waals surface area contributed by atoms with Crippen LogP contribution in [-0.2, 0) is 6.54 Å². The molecular weight excluding hydrogens is 274 g/mol. The first-order valence-electron chi connectivity index (χ1n) is 7.12. The summed E-state index contributed by atoms with van der Waals surface area (Å²) in [5.74, 6) is 0.419. The molecule has 1 aliphatic carbocycles. The van der Waals surface area contributed by atoms with Crippen molar-refractivity contribution in [1.82, 2.24) is 15.2 Å². The van der Waals surface area contributed by atoms with E-state index in [4.69, 9.17) is 5.11 Å². The van der Waals surface area contributed by atoms with E-state index < -0.39 is 0 Å². The molecular formula is C14H23N3O2S. The lowest BCUT2D eigenvalue weighted by atomic mass is 9.86. The fraction of sp³-hybridized carbons (Fsp3) is 0.714. The summed E-state index contributed by atoms with van der Waals surface area (Å²) in [6.07, 6.45) is 3.98. The van der Waals surface area contributed by atoms with Gasteiger partial charge in [-0.2, -0.15) is 0 Å². The third kappa shape index (κ3) is 3.70. The predicted octanol–water partition coefficient (Wildman–Crippen LogP) is 2.14. The fourth-order valence-electron chi connectivity index (χ4n) is 2.66. The summed E-state index contributed by atoms with van der Waals surface area (Å²) < 4.78 is 0. The zero-order valence-electron chi connectivity index (χ0n) is 12.1. The molecule has 1 heterocycles. The van der Waals surface area contributed by atoms with Gasteiger partial charge in [-0.3, -0.25) is 0 Å². The van der Waals surface area contributed by atoms with Crippen molar-refractivity contribution in [2.75, 3.05) is 13.7 Å². The lowest BCUT2D eigenvalue weighted by molar-refractivity contribution is 0.134. The van der Waals surface area contributed by atoms with Crippen molar-refractivity contribution in [3.63, 3.8) is 0 Å². The number of nitrogens with one attached hydrogen (secondary N) is 1. The number of aromatic nitrogens is 1. The summed E-state index contributed by atoms with van der Waals surface area (Å²) in [5, 5.41) is 12.1. The maximum Gasteiger partial charge on any atom is 0.317 e. The van der Waals surface area contributed by atoms with Gasteiger partial charge < -0.3 is 15.3 Å². The molecule has 1 fully saturated rings. The summed E-state index contributed by atoms with van der Waals surface area (Å²) in [6.45, 7) is 2.77. The van der Waals surface area contributed by atoms with Gasteiger partial charge in [-0.05, 0) is 38.5 Å². The molecule has 0 unspecified atom stereocenters. The largest absolute Gasteiger partial charge is 0.396 e. The number of aliphatic hydroxyl groups is 1. The minimum Gasteiger partial charge on any atom is -0.396 e. The second-order valence-electron chi connectivity index (χ2n) is 5.49. The smallest absolute Gasteiger partial charge is 0.317 e. The van der Waals surface area contributed by atoms with Crippen LogP contribution < -0.4 is 5.32 Å². The van der Waals surface area contributed by atoms with Gasteiger partial charge in [0.1, 0.15) is 0 Å². The fourth-order valence-corrected chi connectivity index (χ4v) is 3.37. The van der Waals surface area contributed by atoms with Gasteiger partial charge in [0.2, 0.25) is 0 Å². The van der Waals surface area contributed by atoms with E-state index in [-0.39, 0.29) is 12.6 Å². The van der Waals surface area contributed by atoms with Crippen LogP contribution in [0.1, 0.15) is 36.3 Å². The van der Waals surface area contributed by atoms with Gasteiger partial charge >= 0.3 is 6.03 Å². The predicted molar refractivity (Wildman–Crippen MR) is 79.7 cm³/mol. The highest BCUT2D eigenvalue weighted by molar-refractivity contribution is 7.09. The van der Waals surface area contributed by atoms with E-state index in [1.54, 1.807) is 16.8 Å². The zero-order chi connectivity index (χ0) is 14.5. The average molecular weight is 297 g/mol. The van der Waals surface area contributed by atoms with Crippen molar-refractivity contribution < 1.29 is 9.90 Å². The summed E-state index contributed by atoms with van der Waals surface area (Å²) in [7, 11) is 1.86. The first kappa shape index (κ1) is 15.3. The molecule has 0 saturated heterocycles. The standard InChI is InChI=1S/C14H23N3O2S/c1-10-13(20-9-16-10)7-15-14(19)17(2)12-5-3-11(8-18)4-6-12/h9,11-12,18H,3-8H2,1-2H3,(H,15,19). The first-order valence-corrected chi connectivity index (χ1v) is 8.00. The Bertz CT molecular complexity index is 441. The molecule has 2 amide bonds. The van der Waals surface area contributed by atoms with E-state index in [2.05, 4.69) is 10.3 Å². The van der Waals surface area contributed by atoms with Gasteiger partial charge in [0.25, 0.3) is 0 Å². The minimum absolute atomic E-state index is 0.0229. The second-order valence-corrected chi connectivity index (χ2v) is 6.43. The number of carbonyl (C=O) groups excluding carboxylic acids is 1. The van der Waals surface area contributed by atoms with E-state index in [0.29, 0.717) is 18.5 Å². The molecule has 6 heteroatoms. The van der Waals surface area contributed by atoms with E-state index in [1.165, 1.54) is 0 Å². The molecule has 1 aromatic rings. The van der Waals surface area contributed by atoms with E-state index in [9.17, 15) is 4.79 Å². The summed E-state index contributed by atoms with van der Waals surface area (Å²) in [6, 6.07) is 0.269. The van der Waals surface area contributed by atoms with Crippen molar-refractivity contribution in [3.05, 3.63) is 16.1 Å². The number of carbonyl (C=O) groups is 1. The van der Waals surface area contributed by atoms with Crippen molar-refractivity contribution in [1.29, 1.82) is 0 Å². The number of aliphatic hydroxyl groups excluding tert-OH is 1.